The van der Waals surface area contributed by atoms with Crippen molar-refractivity contribution in [1.82, 2.24) is 9.97 Å². The molecule has 3 nitrogen and oxygen atoms in total. The predicted octanol–water partition coefficient (Wildman–Crippen LogP) is 2.78. The number of anilines is 1. The van der Waals surface area contributed by atoms with Crippen molar-refractivity contribution in [2.45, 2.75) is 6.54 Å². The molecule has 2 aromatic heterocycles. The SMILES string of the molecule is Brc1c[nH]c(CNc2cccnc2)c1. The highest BCUT2D eigenvalue weighted by molar-refractivity contribution is 9.10. The first-order valence-corrected chi connectivity index (χ1v) is 5.10. The molecule has 0 aromatic carbocycles. The van der Waals surface area contributed by atoms with Crippen molar-refractivity contribution in [1.29, 1.82) is 0 Å². The molecule has 14 heavy (non-hydrogen) atoms. The molecular formula is C10H10BrN3. The molecule has 0 saturated heterocycles. The van der Waals surface area contributed by atoms with Crippen molar-refractivity contribution in [3.8, 4) is 0 Å². The van der Waals surface area contributed by atoms with E-state index < -0.39 is 0 Å². The smallest absolute Gasteiger partial charge is 0.0552 e. The maximum absolute atomic E-state index is 4.02. The van der Waals surface area contributed by atoms with E-state index in [9.17, 15) is 0 Å². The van der Waals surface area contributed by atoms with Crippen LogP contribution in [-0.4, -0.2) is 9.97 Å². The Hall–Kier alpha value is -1.29. The van der Waals surface area contributed by atoms with Gasteiger partial charge in [-0.1, -0.05) is 0 Å². The van der Waals surface area contributed by atoms with E-state index in [0.717, 1.165) is 22.4 Å². The molecule has 2 aromatic rings. The fourth-order valence-electron chi connectivity index (χ4n) is 1.18. The first-order valence-electron chi connectivity index (χ1n) is 4.31. The van der Waals surface area contributed by atoms with Gasteiger partial charge in [0, 0.05) is 28.8 Å². The summed E-state index contributed by atoms with van der Waals surface area (Å²) in [5.74, 6) is 0. The first kappa shape index (κ1) is 9.27. The van der Waals surface area contributed by atoms with Gasteiger partial charge in [0.05, 0.1) is 12.2 Å². The van der Waals surface area contributed by atoms with E-state index in [1.54, 1.807) is 12.4 Å². The highest BCUT2D eigenvalue weighted by Gasteiger charge is 1.96. The van der Waals surface area contributed by atoms with Gasteiger partial charge in [0.15, 0.2) is 0 Å². The minimum absolute atomic E-state index is 0.775. The van der Waals surface area contributed by atoms with Crippen molar-refractivity contribution in [3.63, 3.8) is 0 Å². The molecule has 0 atom stereocenters. The van der Waals surface area contributed by atoms with E-state index in [2.05, 4.69) is 31.2 Å². The third-order valence-electron chi connectivity index (χ3n) is 1.85. The van der Waals surface area contributed by atoms with Gasteiger partial charge in [-0.05, 0) is 34.1 Å². The van der Waals surface area contributed by atoms with Gasteiger partial charge in [0.1, 0.15) is 0 Å². The molecule has 0 bridgehead atoms. The second-order valence-electron chi connectivity index (χ2n) is 2.94. The molecular weight excluding hydrogens is 242 g/mol. The summed E-state index contributed by atoms with van der Waals surface area (Å²) in [7, 11) is 0. The van der Waals surface area contributed by atoms with Crippen LogP contribution in [0.5, 0.6) is 0 Å². The van der Waals surface area contributed by atoms with E-state index in [4.69, 9.17) is 0 Å². The maximum atomic E-state index is 4.02. The van der Waals surface area contributed by atoms with Gasteiger partial charge in [0.2, 0.25) is 0 Å². The lowest BCUT2D eigenvalue weighted by atomic mass is 10.4. The number of aromatic amines is 1. The van der Waals surface area contributed by atoms with E-state index in [1.807, 2.05) is 24.4 Å². The van der Waals surface area contributed by atoms with Crippen LogP contribution in [0.3, 0.4) is 0 Å². The lowest BCUT2D eigenvalue weighted by Gasteiger charge is -2.02. The zero-order chi connectivity index (χ0) is 9.80. The summed E-state index contributed by atoms with van der Waals surface area (Å²) in [6, 6.07) is 5.95. The number of H-pyrrole nitrogens is 1. The third kappa shape index (κ3) is 2.35. The summed E-state index contributed by atoms with van der Waals surface area (Å²) < 4.78 is 1.07. The summed E-state index contributed by atoms with van der Waals surface area (Å²) in [6.45, 7) is 0.775. The van der Waals surface area contributed by atoms with Crippen LogP contribution >= 0.6 is 15.9 Å². The largest absolute Gasteiger partial charge is 0.378 e. The number of halogens is 1. The van der Waals surface area contributed by atoms with Crippen molar-refractivity contribution in [2.24, 2.45) is 0 Å². The summed E-state index contributed by atoms with van der Waals surface area (Å²) in [5, 5.41) is 3.26. The Morgan fingerprint density at radius 3 is 3.07 bits per heavy atom. The lowest BCUT2D eigenvalue weighted by Crippen LogP contribution is -1.99. The molecule has 4 heteroatoms. The summed E-state index contributed by atoms with van der Waals surface area (Å²) in [5.41, 5.74) is 2.17. The predicted molar refractivity (Wildman–Crippen MR) is 60.1 cm³/mol. The maximum Gasteiger partial charge on any atom is 0.0552 e. The molecule has 0 aliphatic rings. The van der Waals surface area contributed by atoms with Gasteiger partial charge < -0.3 is 10.3 Å². The molecule has 0 saturated carbocycles. The van der Waals surface area contributed by atoms with Crippen molar-refractivity contribution in [3.05, 3.63) is 47.0 Å². The Kier molecular flexibility index (Phi) is 2.84. The number of pyridine rings is 1. The van der Waals surface area contributed by atoms with Gasteiger partial charge in [-0.3, -0.25) is 4.98 Å². The highest BCUT2D eigenvalue weighted by Crippen LogP contribution is 2.12. The third-order valence-corrected chi connectivity index (χ3v) is 2.31. The summed E-state index contributed by atoms with van der Waals surface area (Å²) >= 11 is 3.39. The molecule has 0 aliphatic heterocycles. The number of rotatable bonds is 3. The molecule has 2 N–H and O–H groups in total. The Balaban J connectivity index is 1.95. The van der Waals surface area contributed by atoms with Gasteiger partial charge in [-0.2, -0.15) is 0 Å². The number of nitrogens with zero attached hydrogens (tertiary/aromatic N) is 1. The van der Waals surface area contributed by atoms with Crippen LogP contribution < -0.4 is 5.32 Å². The van der Waals surface area contributed by atoms with Gasteiger partial charge in [0.25, 0.3) is 0 Å². The van der Waals surface area contributed by atoms with Crippen LogP contribution in [0.1, 0.15) is 5.69 Å². The van der Waals surface area contributed by atoms with E-state index in [-0.39, 0.29) is 0 Å². The molecule has 72 valence electrons. The van der Waals surface area contributed by atoms with Gasteiger partial charge >= 0.3 is 0 Å². The van der Waals surface area contributed by atoms with E-state index in [1.165, 1.54) is 0 Å². The molecule has 0 amide bonds. The average molecular weight is 252 g/mol. The second kappa shape index (κ2) is 4.28. The normalized spacial score (nSPS) is 10.1. The number of hydrogen-bond acceptors (Lipinski definition) is 2. The van der Waals surface area contributed by atoms with Crippen LogP contribution in [0.2, 0.25) is 0 Å². The van der Waals surface area contributed by atoms with Crippen LogP contribution in [0.4, 0.5) is 5.69 Å². The zero-order valence-electron chi connectivity index (χ0n) is 7.50. The molecule has 0 aliphatic carbocycles. The molecule has 0 unspecified atom stereocenters. The second-order valence-corrected chi connectivity index (χ2v) is 3.85. The molecule has 0 radical (unpaired) electrons. The van der Waals surface area contributed by atoms with Crippen LogP contribution in [0.15, 0.2) is 41.3 Å². The zero-order valence-corrected chi connectivity index (χ0v) is 9.08. The number of nitrogens with one attached hydrogen (secondary N) is 2. The monoisotopic (exact) mass is 251 g/mol. The topological polar surface area (TPSA) is 40.7 Å². The van der Waals surface area contributed by atoms with Crippen molar-refractivity contribution < 1.29 is 0 Å². The highest BCUT2D eigenvalue weighted by atomic mass is 79.9. The molecule has 2 heterocycles. The summed E-state index contributed by atoms with van der Waals surface area (Å²) in [4.78, 5) is 7.17. The lowest BCUT2D eigenvalue weighted by molar-refractivity contribution is 1.07. The van der Waals surface area contributed by atoms with Gasteiger partial charge in [-0.25, -0.2) is 0 Å². The Labute approximate surface area is 90.7 Å². The Morgan fingerprint density at radius 1 is 1.50 bits per heavy atom. The first-order chi connectivity index (χ1) is 6.84. The van der Waals surface area contributed by atoms with Crippen LogP contribution in [-0.2, 0) is 6.54 Å². The Morgan fingerprint density at radius 2 is 2.43 bits per heavy atom. The van der Waals surface area contributed by atoms with E-state index in [0.29, 0.717) is 0 Å². The fraction of sp³-hybridized carbons (Fsp3) is 0.100. The molecule has 0 spiro atoms. The standard InChI is InChI=1S/C10H10BrN3/c11-8-4-10(13-5-8)7-14-9-2-1-3-12-6-9/h1-6,13-14H,7H2. The molecule has 2 rings (SSSR count). The van der Waals surface area contributed by atoms with Crippen LogP contribution in [0.25, 0.3) is 0 Å². The Bertz CT molecular complexity index is 397. The fourth-order valence-corrected chi connectivity index (χ4v) is 1.57. The van der Waals surface area contributed by atoms with Gasteiger partial charge in [-0.15, -0.1) is 0 Å². The van der Waals surface area contributed by atoms with Crippen molar-refractivity contribution >= 4 is 21.6 Å². The van der Waals surface area contributed by atoms with E-state index >= 15 is 0 Å². The van der Waals surface area contributed by atoms with Crippen LogP contribution in [0, 0.1) is 0 Å². The average Bonchev–Trinajstić information content (AvgIpc) is 2.63. The minimum Gasteiger partial charge on any atom is -0.378 e. The summed E-state index contributed by atoms with van der Waals surface area (Å²) in [6.07, 6.45) is 5.48. The number of aromatic nitrogens is 2. The molecule has 0 fully saturated rings. The quantitative estimate of drug-likeness (QED) is 0.881. The van der Waals surface area contributed by atoms with Crippen molar-refractivity contribution in [2.75, 3.05) is 5.32 Å². The number of hydrogen-bond donors (Lipinski definition) is 2. The minimum atomic E-state index is 0.775.